The molecule has 1 spiro atoms. The molecule has 160 valence electrons. The fraction of sp³-hybridized carbons (Fsp3) is 0.409. The van der Waals surface area contributed by atoms with Crippen molar-refractivity contribution in [3.05, 3.63) is 65.5 Å². The second-order valence-corrected chi connectivity index (χ2v) is 8.09. The van der Waals surface area contributed by atoms with Gasteiger partial charge in [-0.05, 0) is 35.9 Å². The number of rotatable bonds is 3. The predicted molar refractivity (Wildman–Crippen MR) is 103 cm³/mol. The van der Waals surface area contributed by atoms with Crippen molar-refractivity contribution in [2.75, 3.05) is 37.7 Å². The lowest BCUT2D eigenvalue weighted by molar-refractivity contribution is -0.137. The second-order valence-electron chi connectivity index (χ2n) is 8.09. The first-order valence-electron chi connectivity index (χ1n) is 9.76. The molecule has 2 saturated heterocycles. The molecule has 2 heterocycles. The molecule has 8 heteroatoms. The van der Waals surface area contributed by atoms with Gasteiger partial charge in [-0.2, -0.15) is 13.2 Å². The van der Waals surface area contributed by atoms with Gasteiger partial charge in [0.1, 0.15) is 5.82 Å². The number of halogens is 4. The first kappa shape index (κ1) is 20.8. The summed E-state index contributed by atoms with van der Waals surface area (Å²) in [4.78, 5) is 16.4. The van der Waals surface area contributed by atoms with Crippen LogP contribution in [-0.4, -0.2) is 43.7 Å². The largest absolute Gasteiger partial charge is 0.416 e. The molecule has 2 aliphatic rings. The van der Waals surface area contributed by atoms with Crippen LogP contribution in [-0.2, 0) is 22.3 Å². The third-order valence-electron chi connectivity index (χ3n) is 5.64. The minimum atomic E-state index is -4.38. The highest BCUT2D eigenvalue weighted by atomic mass is 19.4. The summed E-state index contributed by atoms with van der Waals surface area (Å²) in [5, 5.41) is 0. The molecule has 0 aromatic heterocycles. The summed E-state index contributed by atoms with van der Waals surface area (Å²) in [6, 6.07) is 11.1. The molecule has 0 radical (unpaired) electrons. The number of benzene rings is 2. The van der Waals surface area contributed by atoms with E-state index in [1.807, 2.05) is 4.90 Å². The van der Waals surface area contributed by atoms with E-state index < -0.39 is 17.2 Å². The Bertz CT molecular complexity index is 916. The van der Waals surface area contributed by atoms with Crippen molar-refractivity contribution in [2.24, 2.45) is 5.41 Å². The Kier molecular flexibility index (Phi) is 5.55. The molecule has 4 nitrogen and oxygen atoms in total. The predicted octanol–water partition coefficient (Wildman–Crippen LogP) is 4.10. The molecule has 2 aliphatic heterocycles. The Morgan fingerprint density at radius 3 is 2.57 bits per heavy atom. The van der Waals surface area contributed by atoms with E-state index in [0.717, 1.165) is 6.07 Å². The van der Waals surface area contributed by atoms with Crippen LogP contribution in [0.5, 0.6) is 0 Å². The fourth-order valence-corrected chi connectivity index (χ4v) is 4.28. The summed E-state index contributed by atoms with van der Waals surface area (Å²) in [6.45, 7) is 2.73. The lowest BCUT2D eigenvalue weighted by Crippen LogP contribution is -2.40. The molecule has 1 amide bonds. The minimum absolute atomic E-state index is 0.0638. The maximum Gasteiger partial charge on any atom is 0.416 e. The van der Waals surface area contributed by atoms with Crippen LogP contribution in [0.3, 0.4) is 0 Å². The van der Waals surface area contributed by atoms with Gasteiger partial charge in [0.05, 0.1) is 18.8 Å². The Morgan fingerprint density at radius 2 is 1.83 bits per heavy atom. The van der Waals surface area contributed by atoms with Gasteiger partial charge >= 0.3 is 6.18 Å². The topological polar surface area (TPSA) is 32.8 Å². The van der Waals surface area contributed by atoms with Gasteiger partial charge in [-0.1, -0.05) is 18.2 Å². The van der Waals surface area contributed by atoms with E-state index >= 15 is 0 Å². The third-order valence-corrected chi connectivity index (χ3v) is 5.64. The quantitative estimate of drug-likeness (QED) is 0.699. The molecule has 0 bridgehead atoms. The number of nitrogens with zero attached hydrogens (tertiary/aromatic N) is 2. The zero-order valence-electron chi connectivity index (χ0n) is 16.3. The maximum absolute atomic E-state index is 13.2. The van der Waals surface area contributed by atoms with E-state index in [0.29, 0.717) is 50.6 Å². The first-order chi connectivity index (χ1) is 14.2. The summed E-state index contributed by atoms with van der Waals surface area (Å²) >= 11 is 0. The van der Waals surface area contributed by atoms with Gasteiger partial charge in [0.15, 0.2) is 0 Å². The van der Waals surface area contributed by atoms with Crippen molar-refractivity contribution in [1.82, 2.24) is 4.90 Å². The van der Waals surface area contributed by atoms with Crippen LogP contribution < -0.4 is 4.90 Å². The normalized spacial score (nSPS) is 23.2. The second kappa shape index (κ2) is 8.00. The van der Waals surface area contributed by atoms with Crippen LogP contribution in [0, 0.1) is 11.2 Å². The van der Waals surface area contributed by atoms with Crippen LogP contribution in [0.1, 0.15) is 17.5 Å². The Morgan fingerprint density at radius 1 is 1.07 bits per heavy atom. The van der Waals surface area contributed by atoms with Crippen molar-refractivity contribution < 1.29 is 27.1 Å². The zero-order chi connectivity index (χ0) is 21.4. The lowest BCUT2D eigenvalue weighted by atomic mass is 9.87. The van der Waals surface area contributed by atoms with Gasteiger partial charge in [-0.15, -0.1) is 0 Å². The molecule has 2 fully saturated rings. The van der Waals surface area contributed by atoms with E-state index in [2.05, 4.69) is 0 Å². The molecule has 0 N–H and O–H groups in total. The summed E-state index contributed by atoms with van der Waals surface area (Å²) in [5.41, 5.74) is 0.0803. The van der Waals surface area contributed by atoms with Gasteiger partial charge in [0, 0.05) is 43.7 Å². The van der Waals surface area contributed by atoms with E-state index in [9.17, 15) is 22.4 Å². The average molecular weight is 422 g/mol. The monoisotopic (exact) mass is 422 g/mol. The molecule has 0 saturated carbocycles. The molecule has 4 rings (SSSR count). The van der Waals surface area contributed by atoms with Crippen molar-refractivity contribution in [3.8, 4) is 0 Å². The average Bonchev–Trinajstić information content (AvgIpc) is 2.88. The smallest absolute Gasteiger partial charge is 0.379 e. The molecule has 0 aliphatic carbocycles. The van der Waals surface area contributed by atoms with Gasteiger partial charge in [-0.25, -0.2) is 4.39 Å². The van der Waals surface area contributed by atoms with Gasteiger partial charge in [0.25, 0.3) is 0 Å². The highest BCUT2D eigenvalue weighted by molar-refractivity contribution is 5.96. The number of amides is 1. The molecule has 1 unspecified atom stereocenters. The highest BCUT2D eigenvalue weighted by Crippen LogP contribution is 2.37. The van der Waals surface area contributed by atoms with E-state index in [4.69, 9.17) is 4.74 Å². The van der Waals surface area contributed by atoms with Crippen molar-refractivity contribution in [1.29, 1.82) is 0 Å². The highest BCUT2D eigenvalue weighted by Gasteiger charge is 2.46. The number of alkyl halides is 3. The van der Waals surface area contributed by atoms with Crippen LogP contribution in [0.15, 0.2) is 48.5 Å². The Hall–Kier alpha value is -2.45. The van der Waals surface area contributed by atoms with Crippen LogP contribution in [0.25, 0.3) is 0 Å². The molecular weight excluding hydrogens is 400 g/mol. The molecule has 30 heavy (non-hydrogen) atoms. The van der Waals surface area contributed by atoms with Crippen molar-refractivity contribution >= 4 is 11.6 Å². The van der Waals surface area contributed by atoms with Crippen molar-refractivity contribution in [3.63, 3.8) is 0 Å². The van der Waals surface area contributed by atoms with Crippen LogP contribution in [0.4, 0.5) is 23.2 Å². The number of carbonyl (C=O) groups excluding carboxylic acids is 1. The van der Waals surface area contributed by atoms with Gasteiger partial charge < -0.3 is 9.64 Å². The number of anilines is 1. The first-order valence-corrected chi connectivity index (χ1v) is 9.76. The third kappa shape index (κ3) is 4.49. The SMILES string of the molecule is O=C1CC2(COCCN(Cc3cccc(C(F)(F)F)c3)C2)CN1c1ccc(F)cc1. The number of hydrogen-bond acceptors (Lipinski definition) is 3. The number of carbonyl (C=O) groups is 1. The molecule has 2 aromatic rings. The fourth-order valence-electron chi connectivity index (χ4n) is 4.28. The Labute approximate surface area is 172 Å². The lowest BCUT2D eigenvalue weighted by Gasteiger charge is -2.31. The van der Waals surface area contributed by atoms with Crippen LogP contribution in [0.2, 0.25) is 0 Å². The number of hydrogen-bond donors (Lipinski definition) is 0. The van der Waals surface area contributed by atoms with Crippen molar-refractivity contribution in [2.45, 2.75) is 19.1 Å². The molecular formula is C22H22F4N2O2. The van der Waals surface area contributed by atoms with Gasteiger partial charge in [-0.3, -0.25) is 9.69 Å². The summed E-state index contributed by atoms with van der Waals surface area (Å²) in [6.07, 6.45) is -4.10. The standard InChI is InChI=1S/C22H22F4N2O2/c23-18-4-6-19(7-5-18)28-14-21(11-20(28)29)13-27(8-9-30-15-21)12-16-2-1-3-17(10-16)22(24,25)26/h1-7,10H,8-9,11-15H2. The van der Waals surface area contributed by atoms with Crippen LogP contribution >= 0.6 is 0 Å². The molecule has 2 aromatic carbocycles. The summed E-state index contributed by atoms with van der Waals surface area (Å²) in [5.74, 6) is -0.434. The Balaban J connectivity index is 1.50. The number of ether oxygens (including phenoxy) is 1. The summed E-state index contributed by atoms with van der Waals surface area (Å²) < 4.78 is 58.1. The van der Waals surface area contributed by atoms with E-state index in [-0.39, 0.29) is 18.1 Å². The van der Waals surface area contributed by atoms with Gasteiger partial charge in [0.2, 0.25) is 5.91 Å². The maximum atomic E-state index is 13.2. The van der Waals surface area contributed by atoms with E-state index in [1.54, 1.807) is 23.1 Å². The molecule has 1 atom stereocenters. The zero-order valence-corrected chi connectivity index (χ0v) is 16.3. The van der Waals surface area contributed by atoms with E-state index in [1.165, 1.54) is 24.3 Å². The minimum Gasteiger partial charge on any atom is -0.379 e. The summed E-state index contributed by atoms with van der Waals surface area (Å²) in [7, 11) is 0.